The van der Waals surface area contributed by atoms with Crippen molar-refractivity contribution in [1.29, 1.82) is 0 Å². The number of ether oxygens (including phenoxy) is 2. The van der Waals surface area contributed by atoms with Crippen LogP contribution in [0.15, 0.2) is 17.5 Å². The molecule has 6 atom stereocenters. The first-order valence-electron chi connectivity index (χ1n) is 16.1. The fourth-order valence-corrected chi connectivity index (χ4v) is 8.76. The fourth-order valence-electron chi connectivity index (χ4n) is 6.72. The lowest BCUT2D eigenvalue weighted by molar-refractivity contribution is -0.199. The molecule has 0 aromatic carbocycles. The lowest BCUT2D eigenvalue weighted by atomic mass is 9.43. The molecule has 1 amide bonds. The highest BCUT2D eigenvalue weighted by molar-refractivity contribution is 7.10. The molecule has 1 N–H and O–H groups in total. The molecule has 4 aliphatic rings. The Balaban J connectivity index is 1.44. The van der Waals surface area contributed by atoms with E-state index in [1.807, 2.05) is 17.5 Å². The first-order valence-corrected chi connectivity index (χ1v) is 19.9. The Labute approximate surface area is 264 Å². The molecule has 0 spiro atoms. The van der Waals surface area contributed by atoms with E-state index in [0.717, 1.165) is 30.6 Å². The normalized spacial score (nSPS) is 27.7. The minimum atomic E-state index is -2.19. The molecule has 2 bridgehead atoms. The van der Waals surface area contributed by atoms with Crippen LogP contribution in [0.25, 0.3) is 0 Å². The molecule has 11 heteroatoms. The number of carbonyl (C=O) groups excluding carboxylic acids is 2. The highest BCUT2D eigenvalue weighted by atomic mass is 32.1. The summed E-state index contributed by atoms with van der Waals surface area (Å²) in [7, 11) is -2.81. The molecule has 242 valence electrons. The van der Waals surface area contributed by atoms with E-state index in [0.29, 0.717) is 24.9 Å². The van der Waals surface area contributed by atoms with Gasteiger partial charge in [0.2, 0.25) is 5.91 Å². The number of hydrogen-bond donors (Lipinski definition) is 1. The molecule has 0 radical (unpaired) electrons. The van der Waals surface area contributed by atoms with Gasteiger partial charge in [-0.2, -0.15) is 0 Å². The Kier molecular flexibility index (Phi) is 11.0. The zero-order valence-electron chi connectivity index (χ0n) is 27.8. The van der Waals surface area contributed by atoms with Crippen LogP contribution in [0.5, 0.6) is 0 Å². The van der Waals surface area contributed by atoms with Crippen molar-refractivity contribution in [2.45, 2.75) is 129 Å². The third-order valence-electron chi connectivity index (χ3n) is 10.6. The summed E-state index contributed by atoms with van der Waals surface area (Å²) in [5, 5.41) is 5.11. The van der Waals surface area contributed by atoms with Gasteiger partial charge in [0, 0.05) is 4.88 Å². The van der Waals surface area contributed by atoms with Gasteiger partial charge < -0.3 is 28.5 Å². The Bertz CT molecular complexity index is 1090. The van der Waals surface area contributed by atoms with Crippen LogP contribution in [-0.2, 0) is 39.2 Å². The fraction of sp³-hybridized carbons (Fsp3) is 0.812. The minimum Gasteiger partial charge on any atom is -0.466 e. The molecular formula is C32H54BNO7SSi. The van der Waals surface area contributed by atoms with E-state index in [1.54, 1.807) is 11.3 Å². The summed E-state index contributed by atoms with van der Waals surface area (Å²) in [5.41, 5.74) is -0.173. The molecule has 3 aliphatic carbocycles. The smallest absolute Gasteiger partial charge is 0.466 e. The van der Waals surface area contributed by atoms with Gasteiger partial charge >= 0.3 is 13.1 Å². The number of unbranched alkanes of at least 4 members (excludes halogenated alkanes) is 1. The van der Waals surface area contributed by atoms with E-state index in [9.17, 15) is 9.59 Å². The topological polar surface area (TPSA) is 92.3 Å². The molecular weight excluding hydrogens is 581 g/mol. The maximum absolute atomic E-state index is 13.2. The number of carbonyl (C=O) groups is 2. The summed E-state index contributed by atoms with van der Waals surface area (Å²) in [5.74, 6) is 0.175. The minimum absolute atomic E-state index is 0.00136. The van der Waals surface area contributed by atoms with Crippen LogP contribution >= 0.6 is 11.3 Å². The summed E-state index contributed by atoms with van der Waals surface area (Å²) in [6.45, 7) is 20.6. The van der Waals surface area contributed by atoms with Gasteiger partial charge in [-0.25, -0.2) is 0 Å². The molecule has 1 unspecified atom stereocenters. The molecule has 1 aromatic heterocycles. The van der Waals surface area contributed by atoms with Gasteiger partial charge in [0.25, 0.3) is 0 Å². The zero-order chi connectivity index (χ0) is 31.6. The summed E-state index contributed by atoms with van der Waals surface area (Å²) < 4.78 is 31.7. The van der Waals surface area contributed by atoms with Crippen LogP contribution in [0.2, 0.25) is 18.1 Å². The standard InChI is InChI=1S/C32H54BNO7SSi/c1-10-11-14-38-29(36)18-23(40-43(8,9)30(2,3)4)20-37-21-27(34-28(35)19-24-13-12-15-42-24)33-39-26-17-22-16-25(31(22,5)6)32(26,7)41-33/h12-13,15,22-23,25-27H,10-11,14,16-21H2,1-9H3,(H,34,35)/t22-,23?,25-,26+,27-,32-/m0/s1. The second-order valence-electron chi connectivity index (χ2n) is 15.1. The maximum Gasteiger partial charge on any atom is 0.484 e. The number of esters is 1. The van der Waals surface area contributed by atoms with Crippen molar-refractivity contribution >= 4 is 38.6 Å². The van der Waals surface area contributed by atoms with E-state index in [-0.39, 0.29) is 48.1 Å². The van der Waals surface area contributed by atoms with E-state index in [1.165, 1.54) is 0 Å². The van der Waals surface area contributed by atoms with E-state index >= 15 is 0 Å². The molecule has 5 rings (SSSR count). The third-order valence-corrected chi connectivity index (χ3v) is 16.0. The summed E-state index contributed by atoms with van der Waals surface area (Å²) in [6.07, 6.45) is 3.89. The number of amides is 1. The number of rotatable bonds is 15. The third kappa shape index (κ3) is 7.95. The molecule has 1 aromatic rings. The van der Waals surface area contributed by atoms with Gasteiger partial charge in [-0.3, -0.25) is 9.59 Å². The van der Waals surface area contributed by atoms with Crippen molar-refractivity contribution < 1.29 is 32.8 Å². The van der Waals surface area contributed by atoms with Gasteiger partial charge in [0.1, 0.15) is 0 Å². The summed E-state index contributed by atoms with van der Waals surface area (Å²) in [6, 6.07) is 3.91. The zero-order valence-corrected chi connectivity index (χ0v) is 29.6. The molecule has 43 heavy (non-hydrogen) atoms. The molecule has 1 aliphatic heterocycles. The van der Waals surface area contributed by atoms with Crippen molar-refractivity contribution in [2.75, 3.05) is 19.8 Å². The van der Waals surface area contributed by atoms with Gasteiger partial charge in [0.15, 0.2) is 8.32 Å². The number of hydrogen-bond acceptors (Lipinski definition) is 8. The van der Waals surface area contributed by atoms with Crippen LogP contribution in [0.4, 0.5) is 0 Å². The Hall–Kier alpha value is -1.24. The Morgan fingerprint density at radius 3 is 2.58 bits per heavy atom. The average Bonchev–Trinajstić information content (AvgIpc) is 3.53. The van der Waals surface area contributed by atoms with Gasteiger partial charge in [-0.1, -0.05) is 54.0 Å². The van der Waals surface area contributed by atoms with Gasteiger partial charge in [-0.05, 0) is 73.0 Å². The van der Waals surface area contributed by atoms with Crippen LogP contribution in [0, 0.1) is 17.3 Å². The van der Waals surface area contributed by atoms with Crippen molar-refractivity contribution in [3.63, 3.8) is 0 Å². The van der Waals surface area contributed by atoms with E-state index in [4.69, 9.17) is 23.2 Å². The van der Waals surface area contributed by atoms with Crippen molar-refractivity contribution in [3.8, 4) is 0 Å². The predicted molar refractivity (Wildman–Crippen MR) is 173 cm³/mol. The average molecular weight is 636 g/mol. The van der Waals surface area contributed by atoms with Crippen molar-refractivity contribution in [1.82, 2.24) is 5.32 Å². The molecule has 2 heterocycles. The van der Waals surface area contributed by atoms with Crippen LogP contribution < -0.4 is 5.32 Å². The summed E-state index contributed by atoms with van der Waals surface area (Å²) in [4.78, 5) is 26.9. The van der Waals surface area contributed by atoms with Crippen LogP contribution in [0.1, 0.15) is 85.4 Å². The van der Waals surface area contributed by atoms with Crippen molar-refractivity contribution in [3.05, 3.63) is 22.4 Å². The second kappa shape index (κ2) is 13.6. The van der Waals surface area contributed by atoms with E-state index in [2.05, 4.69) is 66.9 Å². The molecule has 4 fully saturated rings. The quantitative estimate of drug-likeness (QED) is 0.140. The largest absolute Gasteiger partial charge is 0.484 e. The van der Waals surface area contributed by atoms with Crippen LogP contribution in [-0.4, -0.2) is 70.9 Å². The van der Waals surface area contributed by atoms with Gasteiger partial charge in [-0.15, -0.1) is 11.3 Å². The molecule has 1 saturated heterocycles. The SMILES string of the molecule is CCCCOC(=O)CC(COC[C@H](NC(=O)Cc1cccs1)B1O[C@@H]2C[C@@H]3C[C@@H](C3(C)C)[C@]2(C)O1)O[Si](C)(C)C(C)(C)C. The second-order valence-corrected chi connectivity index (χ2v) is 20.9. The highest BCUT2D eigenvalue weighted by Crippen LogP contribution is 2.65. The van der Waals surface area contributed by atoms with Crippen LogP contribution in [0.3, 0.4) is 0 Å². The highest BCUT2D eigenvalue weighted by Gasteiger charge is 2.68. The lowest BCUT2D eigenvalue weighted by Crippen LogP contribution is -2.65. The predicted octanol–water partition coefficient (Wildman–Crippen LogP) is 6.18. The van der Waals surface area contributed by atoms with Gasteiger partial charge in [0.05, 0.1) is 56.4 Å². The maximum atomic E-state index is 13.2. The first kappa shape index (κ1) is 34.6. The monoisotopic (exact) mass is 635 g/mol. The lowest BCUT2D eigenvalue weighted by Gasteiger charge is -2.64. The first-order chi connectivity index (χ1) is 20.1. The Morgan fingerprint density at radius 2 is 1.95 bits per heavy atom. The summed E-state index contributed by atoms with van der Waals surface area (Å²) >= 11 is 1.56. The number of nitrogens with one attached hydrogen (secondary N) is 1. The Morgan fingerprint density at radius 1 is 1.21 bits per heavy atom. The van der Waals surface area contributed by atoms with Crippen molar-refractivity contribution in [2.24, 2.45) is 17.3 Å². The van der Waals surface area contributed by atoms with E-state index < -0.39 is 33.1 Å². The number of thiophene rings is 1. The molecule has 3 saturated carbocycles. The molecule has 8 nitrogen and oxygen atoms in total.